The molecule has 0 fully saturated rings. The number of aromatic nitrogens is 2. The van der Waals surface area contributed by atoms with E-state index >= 15 is 0 Å². The minimum Gasteiger partial charge on any atom is -0.271 e. The highest BCUT2D eigenvalue weighted by Crippen LogP contribution is 2.13. The molecule has 0 atom stereocenters. The van der Waals surface area contributed by atoms with Crippen molar-refractivity contribution in [3.8, 4) is 0 Å². The molecule has 0 aliphatic rings. The summed E-state index contributed by atoms with van der Waals surface area (Å²) in [7, 11) is 1.75. The Kier molecular flexibility index (Phi) is 3.26. The van der Waals surface area contributed by atoms with Crippen LogP contribution < -0.4 is 10.5 Å². The van der Waals surface area contributed by atoms with Gasteiger partial charge in [0.05, 0.1) is 11.2 Å². The van der Waals surface area contributed by atoms with Gasteiger partial charge in [0.15, 0.2) is 0 Å². The van der Waals surface area contributed by atoms with Crippen molar-refractivity contribution >= 4 is 17.2 Å². The molecule has 0 aliphatic carbocycles. The highest BCUT2D eigenvalue weighted by Gasteiger charge is 2.18. The van der Waals surface area contributed by atoms with Crippen molar-refractivity contribution in [2.75, 3.05) is 0 Å². The van der Waals surface area contributed by atoms with E-state index in [0.717, 1.165) is 5.69 Å². The normalized spacial score (nSPS) is 13.0. The first-order chi connectivity index (χ1) is 8.39. The molecular weight excluding hydrogens is 246 g/mol. The molecule has 0 saturated heterocycles. The highest BCUT2D eigenvalue weighted by atomic mass is 32.1. The van der Waals surface area contributed by atoms with Gasteiger partial charge in [-0.15, -0.1) is 0 Å². The number of nitrogens with zero attached hydrogens (tertiary/aromatic N) is 3. The van der Waals surface area contributed by atoms with Crippen molar-refractivity contribution in [3.05, 3.63) is 45.6 Å². The molecule has 0 radical (unpaired) electrons. The lowest BCUT2D eigenvalue weighted by atomic mass is 10.1. The van der Waals surface area contributed by atoms with E-state index < -0.39 is 0 Å². The van der Waals surface area contributed by atoms with Gasteiger partial charge < -0.3 is 0 Å². The van der Waals surface area contributed by atoms with Crippen LogP contribution in [0.25, 0.3) is 0 Å². The van der Waals surface area contributed by atoms with Gasteiger partial charge in [0.1, 0.15) is 0 Å². The van der Waals surface area contributed by atoms with Crippen LogP contribution in [0.5, 0.6) is 0 Å². The third-order valence-corrected chi connectivity index (χ3v) is 3.93. The number of benzene rings is 1. The number of hydrogen-bond acceptors (Lipinski definition) is 3. The smallest absolute Gasteiger partial charge is 0.271 e. The summed E-state index contributed by atoms with van der Waals surface area (Å²) < 4.78 is 3.33. The van der Waals surface area contributed by atoms with Crippen LogP contribution in [0.1, 0.15) is 20.8 Å². The Bertz CT molecular complexity index is 656. The van der Waals surface area contributed by atoms with E-state index in [1.54, 1.807) is 15.6 Å². The molecule has 0 amide bonds. The summed E-state index contributed by atoms with van der Waals surface area (Å²) in [4.78, 5) is 17.3. The predicted octanol–water partition coefficient (Wildman–Crippen LogP) is 2.24. The van der Waals surface area contributed by atoms with E-state index in [9.17, 15) is 4.79 Å². The Morgan fingerprint density at radius 2 is 1.78 bits per heavy atom. The minimum atomic E-state index is -0.218. The van der Waals surface area contributed by atoms with E-state index in [1.165, 1.54) is 11.5 Å². The van der Waals surface area contributed by atoms with Gasteiger partial charge in [0.2, 0.25) is 4.80 Å². The first-order valence-electron chi connectivity index (χ1n) is 5.79. The zero-order valence-electron chi connectivity index (χ0n) is 11.0. The maximum absolute atomic E-state index is 12.1. The highest BCUT2D eigenvalue weighted by molar-refractivity contribution is 7.03. The first-order valence-corrected chi connectivity index (χ1v) is 6.56. The minimum absolute atomic E-state index is 0.0258. The molecule has 4 nitrogen and oxygen atoms in total. The summed E-state index contributed by atoms with van der Waals surface area (Å²) in [6.45, 7) is 6.03. The van der Waals surface area contributed by atoms with Gasteiger partial charge >= 0.3 is 5.69 Å². The predicted molar refractivity (Wildman–Crippen MR) is 74.2 cm³/mol. The fraction of sp³-hybridized carbons (Fsp3) is 0.385. The van der Waals surface area contributed by atoms with Crippen molar-refractivity contribution in [1.82, 2.24) is 8.52 Å². The van der Waals surface area contributed by atoms with Crippen LogP contribution in [0.3, 0.4) is 0 Å². The van der Waals surface area contributed by atoms with Crippen molar-refractivity contribution in [2.45, 2.75) is 26.3 Å². The van der Waals surface area contributed by atoms with Gasteiger partial charge in [-0.25, -0.2) is 13.7 Å². The van der Waals surface area contributed by atoms with Crippen LogP contribution >= 0.6 is 11.5 Å². The topological polar surface area (TPSA) is 39.3 Å². The Morgan fingerprint density at radius 1 is 1.17 bits per heavy atom. The number of para-hydroxylation sites is 1. The largest absolute Gasteiger partial charge is 0.340 e. The lowest BCUT2D eigenvalue weighted by Gasteiger charge is -2.17. The molecule has 1 heterocycles. The van der Waals surface area contributed by atoms with E-state index in [-0.39, 0.29) is 11.2 Å². The van der Waals surface area contributed by atoms with Crippen LogP contribution in [-0.4, -0.2) is 8.52 Å². The fourth-order valence-electron chi connectivity index (χ4n) is 1.53. The van der Waals surface area contributed by atoms with Gasteiger partial charge in [-0.05, 0) is 44.4 Å². The average Bonchev–Trinajstić information content (AvgIpc) is 2.58. The summed E-state index contributed by atoms with van der Waals surface area (Å²) >= 11 is 1.39. The van der Waals surface area contributed by atoms with E-state index in [2.05, 4.69) is 4.99 Å². The Labute approximate surface area is 110 Å². The second-order valence-corrected chi connectivity index (χ2v) is 6.04. The molecule has 0 aliphatic heterocycles. The molecule has 1 aromatic heterocycles. The molecule has 0 bridgehead atoms. The maximum atomic E-state index is 12.1. The summed E-state index contributed by atoms with van der Waals surface area (Å²) in [6, 6.07) is 9.66. The molecule has 1 aromatic carbocycles. The van der Waals surface area contributed by atoms with Gasteiger partial charge in [-0.1, -0.05) is 18.2 Å². The van der Waals surface area contributed by atoms with Crippen LogP contribution in [0.2, 0.25) is 0 Å². The summed E-state index contributed by atoms with van der Waals surface area (Å²) in [5.41, 5.74) is 0.613. The molecule has 2 aromatic rings. The standard InChI is InChI=1S/C13H17N3OS/c1-13(2,3)16-12(17)15(4)11(18-16)14-10-8-6-5-7-9-10/h5-9H,1-4H3. The molecule has 5 heteroatoms. The van der Waals surface area contributed by atoms with Crippen LogP contribution in [0.15, 0.2) is 40.1 Å². The average molecular weight is 263 g/mol. The molecule has 0 N–H and O–H groups in total. The molecular formula is C13H17N3OS. The van der Waals surface area contributed by atoms with Crippen LogP contribution in [0, 0.1) is 0 Å². The Balaban J connectivity index is 2.61. The van der Waals surface area contributed by atoms with Crippen molar-refractivity contribution in [1.29, 1.82) is 0 Å². The Morgan fingerprint density at radius 3 is 2.28 bits per heavy atom. The summed E-state index contributed by atoms with van der Waals surface area (Å²) in [5, 5.41) is 0. The molecule has 2 rings (SSSR count). The fourth-order valence-corrected chi connectivity index (χ4v) is 2.52. The van der Waals surface area contributed by atoms with E-state index in [1.807, 2.05) is 51.1 Å². The van der Waals surface area contributed by atoms with Gasteiger partial charge in [-0.3, -0.25) is 4.57 Å². The van der Waals surface area contributed by atoms with Gasteiger partial charge in [0, 0.05) is 7.05 Å². The lowest BCUT2D eigenvalue weighted by molar-refractivity contribution is 0.408. The molecule has 96 valence electrons. The maximum Gasteiger partial charge on any atom is 0.340 e. The zero-order chi connectivity index (χ0) is 13.3. The first kappa shape index (κ1) is 12.8. The van der Waals surface area contributed by atoms with E-state index in [4.69, 9.17) is 0 Å². The van der Waals surface area contributed by atoms with Crippen molar-refractivity contribution < 1.29 is 0 Å². The molecule has 0 saturated carbocycles. The number of rotatable bonds is 1. The number of hydrogen-bond donors (Lipinski definition) is 0. The van der Waals surface area contributed by atoms with Gasteiger partial charge in [-0.2, -0.15) is 0 Å². The van der Waals surface area contributed by atoms with Gasteiger partial charge in [0.25, 0.3) is 0 Å². The monoisotopic (exact) mass is 263 g/mol. The third kappa shape index (κ3) is 2.46. The summed E-state index contributed by atoms with van der Waals surface area (Å²) in [5.74, 6) is 0. The molecule has 18 heavy (non-hydrogen) atoms. The SMILES string of the molecule is Cn1c(=Nc2ccccc2)sn(C(C)(C)C)c1=O. The second-order valence-electron chi connectivity index (χ2n) is 5.13. The second kappa shape index (κ2) is 4.57. The summed E-state index contributed by atoms with van der Waals surface area (Å²) in [6.07, 6.45) is 0. The van der Waals surface area contributed by atoms with Crippen molar-refractivity contribution in [3.63, 3.8) is 0 Å². The third-order valence-electron chi connectivity index (χ3n) is 2.51. The molecule has 0 spiro atoms. The lowest BCUT2D eigenvalue weighted by Crippen LogP contribution is -2.34. The van der Waals surface area contributed by atoms with Crippen molar-refractivity contribution in [2.24, 2.45) is 12.0 Å². The van der Waals surface area contributed by atoms with E-state index in [0.29, 0.717) is 4.80 Å². The zero-order valence-corrected chi connectivity index (χ0v) is 11.9. The Hall–Kier alpha value is -1.62. The quantitative estimate of drug-likeness (QED) is 0.777. The molecule has 0 unspecified atom stereocenters. The van der Waals surface area contributed by atoms with Crippen LogP contribution in [0.4, 0.5) is 5.69 Å². The van der Waals surface area contributed by atoms with Crippen LogP contribution in [-0.2, 0) is 12.6 Å².